The lowest BCUT2D eigenvalue weighted by atomic mass is 9.98. The maximum atomic E-state index is 14.5. The van der Waals surface area contributed by atoms with E-state index in [4.69, 9.17) is 21.1 Å². The average molecular weight is 470 g/mol. The second-order valence-electron chi connectivity index (χ2n) is 7.15. The van der Waals surface area contributed by atoms with E-state index in [1.165, 1.54) is 17.7 Å². The van der Waals surface area contributed by atoms with Crippen LogP contribution in [-0.2, 0) is 4.74 Å². The van der Waals surface area contributed by atoms with Gasteiger partial charge in [0.15, 0.2) is 6.23 Å². The zero-order valence-corrected chi connectivity index (χ0v) is 17.9. The molecule has 1 saturated heterocycles. The number of benzene rings is 2. The van der Waals surface area contributed by atoms with Crippen molar-refractivity contribution in [3.63, 3.8) is 0 Å². The summed E-state index contributed by atoms with van der Waals surface area (Å²) in [6, 6.07) is 9.73. The summed E-state index contributed by atoms with van der Waals surface area (Å²) in [5.74, 6) is -0.0613. The Kier molecular flexibility index (Phi) is 6.45. The van der Waals surface area contributed by atoms with E-state index in [1.807, 2.05) is 0 Å². The molecular formula is C21H21ClFNO6S. The topological polar surface area (TPSA) is 104 Å². The number of rotatable bonds is 5. The van der Waals surface area contributed by atoms with Crippen molar-refractivity contribution in [3.8, 4) is 5.75 Å². The van der Waals surface area contributed by atoms with E-state index in [1.54, 1.807) is 36.5 Å². The smallest absolute Gasteiger partial charge is 0.163 e. The Labute approximate surface area is 186 Å². The SMILES string of the molecule is COc1ccc(Sc2cn([C@@H]3O[C@H](CO)[C@@H](O)[C@H](O)[C@H]3O)c3c(Cl)cccc23)c(F)c1. The lowest BCUT2D eigenvalue weighted by molar-refractivity contribution is -0.250. The summed E-state index contributed by atoms with van der Waals surface area (Å²) < 4.78 is 26.8. The largest absolute Gasteiger partial charge is 0.497 e. The number of halogens is 2. The van der Waals surface area contributed by atoms with Gasteiger partial charge in [0.25, 0.3) is 0 Å². The van der Waals surface area contributed by atoms with Crippen molar-refractivity contribution in [2.24, 2.45) is 0 Å². The third kappa shape index (κ3) is 4.03. The monoisotopic (exact) mass is 469 g/mol. The number of aliphatic hydroxyl groups excluding tert-OH is 4. The summed E-state index contributed by atoms with van der Waals surface area (Å²) in [6.45, 7) is -0.549. The number of aromatic nitrogens is 1. The van der Waals surface area contributed by atoms with Crippen LogP contribution in [0.25, 0.3) is 10.9 Å². The highest BCUT2D eigenvalue weighted by molar-refractivity contribution is 7.99. The van der Waals surface area contributed by atoms with Crippen molar-refractivity contribution in [1.82, 2.24) is 4.57 Å². The molecule has 0 spiro atoms. The second-order valence-corrected chi connectivity index (χ2v) is 8.65. The van der Waals surface area contributed by atoms with Crippen LogP contribution in [0, 0.1) is 5.82 Å². The van der Waals surface area contributed by atoms with Gasteiger partial charge in [-0.25, -0.2) is 4.39 Å². The number of nitrogens with zero attached hydrogens (tertiary/aromatic N) is 1. The van der Waals surface area contributed by atoms with E-state index in [-0.39, 0.29) is 0 Å². The van der Waals surface area contributed by atoms with E-state index in [2.05, 4.69) is 0 Å². The molecule has 1 fully saturated rings. The van der Waals surface area contributed by atoms with Crippen molar-refractivity contribution in [3.05, 3.63) is 53.4 Å². The second kappa shape index (κ2) is 8.95. The number of para-hydroxylation sites is 1. The van der Waals surface area contributed by atoms with Gasteiger partial charge in [-0.15, -0.1) is 0 Å². The van der Waals surface area contributed by atoms with Gasteiger partial charge in [0.2, 0.25) is 0 Å². The molecule has 0 aliphatic carbocycles. The average Bonchev–Trinajstić information content (AvgIpc) is 3.13. The van der Waals surface area contributed by atoms with Crippen LogP contribution in [0.4, 0.5) is 4.39 Å². The summed E-state index contributed by atoms with van der Waals surface area (Å²) in [6.07, 6.45) is -5.06. The molecule has 0 saturated carbocycles. The highest BCUT2D eigenvalue weighted by Gasteiger charge is 2.44. The molecule has 0 bridgehead atoms. The van der Waals surface area contributed by atoms with Crippen LogP contribution in [0.15, 0.2) is 52.4 Å². The molecule has 4 rings (SSSR count). The minimum atomic E-state index is -1.54. The van der Waals surface area contributed by atoms with Crippen LogP contribution in [0.3, 0.4) is 0 Å². The zero-order valence-electron chi connectivity index (χ0n) is 16.4. The van der Waals surface area contributed by atoms with Crippen LogP contribution in [0.2, 0.25) is 5.02 Å². The fourth-order valence-corrected chi connectivity index (χ4v) is 4.88. The molecule has 2 heterocycles. The molecule has 1 aliphatic heterocycles. The van der Waals surface area contributed by atoms with Gasteiger partial charge in [-0.3, -0.25) is 0 Å². The quantitative estimate of drug-likeness (QED) is 0.455. The molecule has 10 heteroatoms. The van der Waals surface area contributed by atoms with Crippen LogP contribution >= 0.6 is 23.4 Å². The first-order chi connectivity index (χ1) is 14.8. The van der Waals surface area contributed by atoms with Gasteiger partial charge in [-0.2, -0.15) is 0 Å². The molecule has 7 nitrogen and oxygen atoms in total. The Bertz CT molecular complexity index is 1090. The maximum absolute atomic E-state index is 14.5. The van der Waals surface area contributed by atoms with Crippen LogP contribution in [-0.4, -0.2) is 63.1 Å². The predicted molar refractivity (Wildman–Crippen MR) is 113 cm³/mol. The number of fused-ring (bicyclic) bond motifs is 1. The van der Waals surface area contributed by atoms with Crippen molar-refractivity contribution < 1.29 is 34.3 Å². The Balaban J connectivity index is 1.79. The summed E-state index contributed by atoms with van der Waals surface area (Å²) in [5, 5.41) is 41.4. The highest BCUT2D eigenvalue weighted by atomic mass is 35.5. The van der Waals surface area contributed by atoms with Gasteiger partial charge in [-0.05, 0) is 18.2 Å². The van der Waals surface area contributed by atoms with E-state index in [0.29, 0.717) is 31.5 Å². The summed E-state index contributed by atoms with van der Waals surface area (Å²) in [5.41, 5.74) is 0.505. The molecule has 2 aromatic carbocycles. The molecule has 1 aromatic heterocycles. The lowest BCUT2D eigenvalue weighted by Crippen LogP contribution is -2.56. The Morgan fingerprint density at radius 2 is 1.90 bits per heavy atom. The third-order valence-electron chi connectivity index (χ3n) is 5.27. The van der Waals surface area contributed by atoms with Crippen molar-refractivity contribution in [2.75, 3.05) is 13.7 Å². The fourth-order valence-electron chi connectivity index (χ4n) is 3.64. The minimum absolute atomic E-state index is 0.355. The highest BCUT2D eigenvalue weighted by Crippen LogP contribution is 2.42. The third-order valence-corrected chi connectivity index (χ3v) is 6.67. The Morgan fingerprint density at radius 3 is 2.58 bits per heavy atom. The molecule has 1 aliphatic rings. The van der Waals surface area contributed by atoms with Crippen molar-refractivity contribution in [1.29, 1.82) is 0 Å². The molecule has 31 heavy (non-hydrogen) atoms. The fraction of sp³-hybridized carbons (Fsp3) is 0.333. The zero-order chi connectivity index (χ0) is 22.3. The number of aliphatic hydroxyl groups is 4. The lowest BCUT2D eigenvalue weighted by Gasteiger charge is -2.40. The molecule has 166 valence electrons. The predicted octanol–water partition coefficient (Wildman–Crippen LogP) is 2.57. The van der Waals surface area contributed by atoms with Crippen molar-refractivity contribution >= 4 is 34.3 Å². The standard InChI is InChI=1S/C21H21ClFNO6S/c1-29-10-5-6-15(13(23)7-10)31-16-8-24(17-11(16)3-2-4-12(17)22)21-20(28)19(27)18(26)14(9-25)30-21/h2-8,14,18-21,25-28H,9H2,1H3/t14-,18-,19+,20-,21-/m1/s1. The van der Waals surface area contributed by atoms with E-state index < -0.39 is 43.1 Å². The van der Waals surface area contributed by atoms with Crippen LogP contribution in [0.5, 0.6) is 5.75 Å². The first-order valence-corrected chi connectivity index (χ1v) is 10.7. The van der Waals surface area contributed by atoms with Gasteiger partial charge in [0.05, 0.1) is 24.3 Å². The van der Waals surface area contributed by atoms with Crippen LogP contribution < -0.4 is 4.74 Å². The van der Waals surface area contributed by atoms with Gasteiger partial charge >= 0.3 is 0 Å². The van der Waals surface area contributed by atoms with E-state index in [9.17, 15) is 24.8 Å². The molecule has 0 unspecified atom stereocenters. The van der Waals surface area contributed by atoms with Gasteiger partial charge in [0.1, 0.15) is 36.0 Å². The van der Waals surface area contributed by atoms with Crippen molar-refractivity contribution in [2.45, 2.75) is 40.4 Å². The number of methoxy groups -OCH3 is 1. The first kappa shape index (κ1) is 22.3. The Morgan fingerprint density at radius 1 is 1.13 bits per heavy atom. The molecule has 0 radical (unpaired) electrons. The van der Waals surface area contributed by atoms with Crippen LogP contribution in [0.1, 0.15) is 6.23 Å². The normalized spacial score (nSPS) is 26.4. The van der Waals surface area contributed by atoms with E-state index in [0.717, 1.165) is 11.8 Å². The maximum Gasteiger partial charge on any atom is 0.163 e. The number of ether oxygens (including phenoxy) is 2. The number of hydrogen-bond acceptors (Lipinski definition) is 7. The minimum Gasteiger partial charge on any atom is -0.497 e. The van der Waals surface area contributed by atoms with Gasteiger partial charge in [-0.1, -0.05) is 35.5 Å². The van der Waals surface area contributed by atoms with Gasteiger partial charge < -0.3 is 34.5 Å². The molecule has 0 amide bonds. The van der Waals surface area contributed by atoms with Gasteiger partial charge in [0, 0.05) is 27.4 Å². The molecule has 4 N–H and O–H groups in total. The Hall–Kier alpha value is -1.85. The molecular weight excluding hydrogens is 449 g/mol. The van der Waals surface area contributed by atoms with E-state index >= 15 is 0 Å². The summed E-state index contributed by atoms with van der Waals surface area (Å²) >= 11 is 7.59. The summed E-state index contributed by atoms with van der Waals surface area (Å²) in [4.78, 5) is 0.993. The number of hydrogen-bond donors (Lipinski definition) is 4. The molecule has 3 aromatic rings. The first-order valence-electron chi connectivity index (χ1n) is 9.46. The molecule has 5 atom stereocenters. The summed E-state index contributed by atoms with van der Waals surface area (Å²) in [7, 11) is 1.46.